The first-order valence-corrected chi connectivity index (χ1v) is 3.05. The zero-order chi connectivity index (χ0) is 8.04. The molecular formula is C8H12O2. The second-order valence-electron chi connectivity index (χ2n) is 2.25. The predicted octanol–water partition coefficient (Wildman–Crippen LogP) is 0.309. The molecule has 0 amide bonds. The molecule has 1 atom stereocenters. The van der Waals surface area contributed by atoms with Crippen LogP contribution in [0.5, 0.6) is 0 Å². The van der Waals surface area contributed by atoms with E-state index < -0.39 is 5.60 Å². The Morgan fingerprint density at radius 2 is 2.20 bits per heavy atom. The first-order chi connectivity index (χ1) is 4.62. The van der Waals surface area contributed by atoms with Crippen LogP contribution in [0, 0.1) is 11.8 Å². The molecule has 1 unspecified atom stereocenters. The van der Waals surface area contributed by atoms with Crippen LogP contribution < -0.4 is 0 Å². The number of aliphatic hydroxyl groups is 2. The van der Waals surface area contributed by atoms with E-state index in [0.29, 0.717) is 6.42 Å². The van der Waals surface area contributed by atoms with Gasteiger partial charge in [-0.25, -0.2) is 0 Å². The number of rotatable bonds is 2. The number of aliphatic hydroxyl groups excluding tert-OH is 1. The van der Waals surface area contributed by atoms with E-state index in [9.17, 15) is 5.11 Å². The van der Waals surface area contributed by atoms with Gasteiger partial charge in [-0.2, -0.15) is 0 Å². The van der Waals surface area contributed by atoms with Gasteiger partial charge in [0, 0.05) is 6.42 Å². The molecule has 0 aromatic carbocycles. The second-order valence-corrected chi connectivity index (χ2v) is 2.25. The smallest absolute Gasteiger partial charge is 0.104 e. The minimum absolute atomic E-state index is 0.160. The first-order valence-electron chi connectivity index (χ1n) is 3.05. The minimum atomic E-state index is -0.928. The Morgan fingerprint density at radius 1 is 1.60 bits per heavy atom. The quantitative estimate of drug-likeness (QED) is 0.428. The van der Waals surface area contributed by atoms with Crippen LogP contribution in [0.1, 0.15) is 13.3 Å². The molecular weight excluding hydrogens is 128 g/mol. The van der Waals surface area contributed by atoms with E-state index in [1.807, 2.05) is 0 Å². The largest absolute Gasteiger partial charge is 0.385 e. The molecule has 0 bridgehead atoms. The van der Waals surface area contributed by atoms with Gasteiger partial charge in [-0.15, -0.1) is 6.58 Å². The molecule has 0 saturated heterocycles. The predicted molar refractivity (Wildman–Crippen MR) is 40.3 cm³/mol. The van der Waals surface area contributed by atoms with Crippen molar-refractivity contribution in [3.05, 3.63) is 12.7 Å². The molecule has 0 aromatic rings. The van der Waals surface area contributed by atoms with E-state index in [1.54, 1.807) is 6.92 Å². The molecule has 0 aliphatic heterocycles. The Balaban J connectivity index is 3.77. The zero-order valence-electron chi connectivity index (χ0n) is 6.09. The Labute approximate surface area is 61.2 Å². The summed E-state index contributed by atoms with van der Waals surface area (Å²) in [6.45, 7) is 4.89. The van der Waals surface area contributed by atoms with E-state index in [2.05, 4.69) is 18.4 Å². The fourth-order valence-corrected chi connectivity index (χ4v) is 0.370. The van der Waals surface area contributed by atoms with Crippen molar-refractivity contribution in [2.75, 3.05) is 6.61 Å². The molecule has 2 N–H and O–H groups in total. The summed E-state index contributed by atoms with van der Waals surface area (Å²) in [6.07, 6.45) is 1.75. The van der Waals surface area contributed by atoms with E-state index in [4.69, 9.17) is 5.11 Å². The van der Waals surface area contributed by atoms with Crippen molar-refractivity contribution in [3.63, 3.8) is 0 Å². The van der Waals surface area contributed by atoms with E-state index in [1.165, 1.54) is 6.08 Å². The third kappa shape index (κ3) is 4.13. The van der Waals surface area contributed by atoms with Crippen molar-refractivity contribution < 1.29 is 10.2 Å². The lowest BCUT2D eigenvalue weighted by Gasteiger charge is -2.13. The summed E-state index contributed by atoms with van der Waals surface area (Å²) in [5.41, 5.74) is -0.928. The first kappa shape index (κ1) is 9.22. The molecule has 0 radical (unpaired) electrons. The highest BCUT2D eigenvalue weighted by molar-refractivity contribution is 5.07. The van der Waals surface area contributed by atoms with Gasteiger partial charge < -0.3 is 10.2 Å². The Hall–Kier alpha value is -0.780. The van der Waals surface area contributed by atoms with Crippen molar-refractivity contribution in [3.8, 4) is 11.8 Å². The van der Waals surface area contributed by atoms with Gasteiger partial charge in [0.2, 0.25) is 0 Å². The lowest BCUT2D eigenvalue weighted by molar-refractivity contribution is 0.118. The van der Waals surface area contributed by atoms with E-state index in [-0.39, 0.29) is 6.61 Å². The van der Waals surface area contributed by atoms with Crippen LogP contribution in [0.4, 0.5) is 0 Å². The highest BCUT2D eigenvalue weighted by Gasteiger charge is 2.11. The Bertz CT molecular complexity index is 160. The number of hydrogen-bond donors (Lipinski definition) is 2. The van der Waals surface area contributed by atoms with Crippen molar-refractivity contribution in [1.29, 1.82) is 0 Å². The van der Waals surface area contributed by atoms with E-state index >= 15 is 0 Å². The average molecular weight is 140 g/mol. The molecule has 2 nitrogen and oxygen atoms in total. The van der Waals surface area contributed by atoms with E-state index in [0.717, 1.165) is 0 Å². The van der Waals surface area contributed by atoms with Crippen molar-refractivity contribution >= 4 is 0 Å². The maximum Gasteiger partial charge on any atom is 0.104 e. The van der Waals surface area contributed by atoms with Gasteiger partial charge >= 0.3 is 0 Å². The summed E-state index contributed by atoms with van der Waals surface area (Å²) in [6, 6.07) is 0. The van der Waals surface area contributed by atoms with Gasteiger partial charge in [0.25, 0.3) is 0 Å². The molecule has 0 fully saturated rings. The lowest BCUT2D eigenvalue weighted by atomic mass is 10.0. The molecule has 2 heteroatoms. The highest BCUT2D eigenvalue weighted by Crippen LogP contribution is 2.07. The van der Waals surface area contributed by atoms with Gasteiger partial charge in [0.15, 0.2) is 0 Å². The fourth-order valence-electron chi connectivity index (χ4n) is 0.370. The molecule has 0 rings (SSSR count). The molecule has 56 valence electrons. The molecule has 0 aliphatic carbocycles. The van der Waals surface area contributed by atoms with Crippen LogP contribution in [0.15, 0.2) is 12.7 Å². The van der Waals surface area contributed by atoms with Crippen molar-refractivity contribution in [2.45, 2.75) is 18.9 Å². The minimum Gasteiger partial charge on any atom is -0.385 e. The topological polar surface area (TPSA) is 40.5 Å². The van der Waals surface area contributed by atoms with Crippen LogP contribution in [0.3, 0.4) is 0 Å². The van der Waals surface area contributed by atoms with Crippen molar-refractivity contribution in [1.82, 2.24) is 0 Å². The second kappa shape index (κ2) is 4.10. The summed E-state index contributed by atoms with van der Waals surface area (Å²) in [7, 11) is 0. The fraction of sp³-hybridized carbons (Fsp3) is 0.500. The standard InChI is InChI=1S/C8H12O2/c1-3-8(2,10)6-4-5-7-9/h3,9-10H,1,6-7H2,2H3. The summed E-state index contributed by atoms with van der Waals surface area (Å²) in [5, 5.41) is 17.5. The third-order valence-electron chi connectivity index (χ3n) is 1.09. The summed E-state index contributed by atoms with van der Waals surface area (Å²) in [5.74, 6) is 5.04. The molecule has 10 heavy (non-hydrogen) atoms. The third-order valence-corrected chi connectivity index (χ3v) is 1.09. The van der Waals surface area contributed by atoms with Crippen LogP contribution >= 0.6 is 0 Å². The molecule has 0 heterocycles. The molecule has 0 aliphatic rings. The van der Waals surface area contributed by atoms with Crippen molar-refractivity contribution in [2.24, 2.45) is 0 Å². The van der Waals surface area contributed by atoms with Gasteiger partial charge in [-0.05, 0) is 6.92 Å². The van der Waals surface area contributed by atoms with Gasteiger partial charge in [0.05, 0.1) is 5.60 Å². The normalized spacial score (nSPS) is 14.7. The zero-order valence-corrected chi connectivity index (χ0v) is 6.09. The average Bonchev–Trinajstić information content (AvgIpc) is 1.89. The summed E-state index contributed by atoms with van der Waals surface area (Å²) >= 11 is 0. The van der Waals surface area contributed by atoms with Gasteiger partial charge in [0.1, 0.15) is 6.61 Å². The van der Waals surface area contributed by atoms with Crippen LogP contribution in [0.2, 0.25) is 0 Å². The van der Waals surface area contributed by atoms with Gasteiger partial charge in [-0.1, -0.05) is 17.9 Å². The Kier molecular flexibility index (Phi) is 3.78. The monoisotopic (exact) mass is 140 g/mol. The number of hydrogen-bond acceptors (Lipinski definition) is 2. The van der Waals surface area contributed by atoms with Gasteiger partial charge in [-0.3, -0.25) is 0 Å². The molecule has 0 aromatic heterocycles. The molecule has 0 saturated carbocycles. The summed E-state index contributed by atoms with van der Waals surface area (Å²) in [4.78, 5) is 0. The molecule has 0 spiro atoms. The summed E-state index contributed by atoms with van der Waals surface area (Å²) < 4.78 is 0. The van der Waals surface area contributed by atoms with Crippen LogP contribution in [-0.4, -0.2) is 22.4 Å². The Morgan fingerprint density at radius 3 is 2.60 bits per heavy atom. The maximum atomic E-state index is 9.25. The highest BCUT2D eigenvalue weighted by atomic mass is 16.3. The lowest BCUT2D eigenvalue weighted by Crippen LogP contribution is -2.18. The van der Waals surface area contributed by atoms with Crippen LogP contribution in [-0.2, 0) is 0 Å². The van der Waals surface area contributed by atoms with Crippen LogP contribution in [0.25, 0.3) is 0 Å². The maximum absolute atomic E-state index is 9.25. The SMILES string of the molecule is C=CC(C)(O)CC#CCO.